The first kappa shape index (κ1) is 26.1. The van der Waals surface area contributed by atoms with Gasteiger partial charge in [0.1, 0.15) is 17.8 Å². The van der Waals surface area contributed by atoms with E-state index >= 15 is 0 Å². The van der Waals surface area contributed by atoms with Gasteiger partial charge in [-0.2, -0.15) is 0 Å². The number of amides is 1. The van der Waals surface area contributed by atoms with Crippen molar-refractivity contribution in [2.75, 3.05) is 13.7 Å². The van der Waals surface area contributed by atoms with Crippen molar-refractivity contribution in [3.63, 3.8) is 0 Å². The van der Waals surface area contributed by atoms with Crippen molar-refractivity contribution in [2.24, 2.45) is 11.3 Å². The third kappa shape index (κ3) is 5.50. The van der Waals surface area contributed by atoms with E-state index in [2.05, 4.69) is 71.0 Å². The number of hydrogen-bond acceptors (Lipinski definition) is 5. The van der Waals surface area contributed by atoms with Crippen LogP contribution in [0.2, 0.25) is 0 Å². The molecule has 1 amide bonds. The summed E-state index contributed by atoms with van der Waals surface area (Å²) in [6.45, 7) is 10.1. The second-order valence-electron chi connectivity index (χ2n) is 11.6. The van der Waals surface area contributed by atoms with Crippen LogP contribution in [-0.2, 0) is 16.1 Å². The third-order valence-corrected chi connectivity index (χ3v) is 7.92. The maximum atomic E-state index is 13.9. The minimum Gasteiger partial charge on any atom is -0.375 e. The third-order valence-electron chi connectivity index (χ3n) is 7.92. The van der Waals surface area contributed by atoms with Crippen molar-refractivity contribution in [1.29, 1.82) is 0 Å². The summed E-state index contributed by atoms with van der Waals surface area (Å²) < 4.78 is 9.64. The van der Waals surface area contributed by atoms with Gasteiger partial charge < -0.3 is 14.2 Å². The smallest absolute Gasteiger partial charge is 0.247 e. The van der Waals surface area contributed by atoms with Crippen molar-refractivity contribution in [2.45, 2.75) is 65.3 Å². The van der Waals surface area contributed by atoms with Gasteiger partial charge in [-0.05, 0) is 42.7 Å². The lowest BCUT2D eigenvalue weighted by atomic mass is 9.76. The SMILES string of the molecule is COC1C=C(c2cn(C3CC(C(C)(C)C)CCN(Cc4ccccc4)C3=O)nn2)C=CC1n1cnc(C)c1. The zero-order valence-corrected chi connectivity index (χ0v) is 23.0. The summed E-state index contributed by atoms with van der Waals surface area (Å²) in [5.74, 6) is 0.492. The largest absolute Gasteiger partial charge is 0.375 e. The van der Waals surface area contributed by atoms with Crippen LogP contribution in [0.4, 0.5) is 0 Å². The fraction of sp³-hybridized carbons (Fsp3) is 0.467. The number of methoxy groups -OCH3 is 1. The number of imidazole rings is 1. The van der Waals surface area contributed by atoms with Gasteiger partial charge in [-0.25, -0.2) is 9.67 Å². The first-order valence-corrected chi connectivity index (χ1v) is 13.4. The van der Waals surface area contributed by atoms with E-state index in [0.29, 0.717) is 12.5 Å². The van der Waals surface area contributed by atoms with Gasteiger partial charge in [0, 0.05) is 32.0 Å². The Morgan fingerprint density at radius 3 is 2.61 bits per heavy atom. The van der Waals surface area contributed by atoms with Crippen LogP contribution in [0.25, 0.3) is 5.57 Å². The van der Waals surface area contributed by atoms with E-state index in [4.69, 9.17) is 4.74 Å². The van der Waals surface area contributed by atoms with E-state index in [1.807, 2.05) is 48.7 Å². The average Bonchev–Trinajstić information content (AvgIpc) is 3.53. The molecular formula is C30H38N6O2. The highest BCUT2D eigenvalue weighted by Gasteiger charge is 2.38. The minimum atomic E-state index is -0.389. The number of ether oxygens (including phenoxy) is 1. The Morgan fingerprint density at radius 1 is 1.13 bits per heavy atom. The molecule has 2 aliphatic rings. The second-order valence-corrected chi connectivity index (χ2v) is 11.6. The number of nitrogens with zero attached hydrogens (tertiary/aromatic N) is 6. The fourth-order valence-corrected chi connectivity index (χ4v) is 5.54. The normalized spacial score (nSPS) is 24.4. The topological polar surface area (TPSA) is 78.1 Å². The Bertz CT molecular complexity index is 1320. The van der Waals surface area contributed by atoms with Gasteiger partial charge in [-0.15, -0.1) is 5.10 Å². The zero-order valence-electron chi connectivity index (χ0n) is 23.0. The molecule has 4 atom stereocenters. The standard InChI is InChI=1S/C30H38N6O2/c1-21-17-35(20-31-21)26-12-11-23(15-28(26)38-5)25-19-36(33-32-25)27-16-24(30(2,3)4)13-14-34(29(27)37)18-22-9-7-6-8-10-22/h6-12,15,17,19-20,24,26-28H,13-14,16,18H2,1-5H3. The van der Waals surface area contributed by atoms with Crippen LogP contribution >= 0.6 is 0 Å². The Balaban J connectivity index is 1.40. The van der Waals surface area contributed by atoms with Gasteiger partial charge in [0.2, 0.25) is 5.91 Å². The second kappa shape index (κ2) is 10.7. The number of aromatic nitrogens is 5. The predicted molar refractivity (Wildman–Crippen MR) is 147 cm³/mol. The number of carbonyl (C=O) groups excluding carboxylic acids is 1. The number of likely N-dealkylation sites (tertiary alicyclic amines) is 1. The molecule has 1 aliphatic heterocycles. The Labute approximate surface area is 225 Å². The van der Waals surface area contributed by atoms with Gasteiger partial charge in [-0.1, -0.05) is 68.5 Å². The lowest BCUT2D eigenvalue weighted by Gasteiger charge is -2.30. The van der Waals surface area contributed by atoms with Crippen LogP contribution in [0.3, 0.4) is 0 Å². The molecule has 0 N–H and O–H groups in total. The molecule has 8 heteroatoms. The molecule has 0 radical (unpaired) electrons. The van der Waals surface area contributed by atoms with E-state index < -0.39 is 0 Å². The molecule has 3 aromatic rings. The van der Waals surface area contributed by atoms with E-state index in [-0.39, 0.29) is 29.5 Å². The molecule has 1 aliphatic carbocycles. The number of hydrogen-bond donors (Lipinski definition) is 0. The summed E-state index contributed by atoms with van der Waals surface area (Å²) in [7, 11) is 1.71. The van der Waals surface area contributed by atoms with Crippen molar-refractivity contribution in [3.05, 3.63) is 84.2 Å². The monoisotopic (exact) mass is 514 g/mol. The quantitative estimate of drug-likeness (QED) is 0.462. The van der Waals surface area contributed by atoms with E-state index in [0.717, 1.165) is 41.9 Å². The number of benzene rings is 1. The van der Waals surface area contributed by atoms with Crippen molar-refractivity contribution >= 4 is 11.5 Å². The zero-order chi connectivity index (χ0) is 26.9. The molecule has 8 nitrogen and oxygen atoms in total. The summed E-state index contributed by atoms with van der Waals surface area (Å²) in [5.41, 5.74) is 3.87. The van der Waals surface area contributed by atoms with E-state index in [1.54, 1.807) is 11.8 Å². The Kier molecular flexibility index (Phi) is 7.34. The van der Waals surface area contributed by atoms with Crippen LogP contribution in [-0.4, -0.2) is 55.1 Å². The number of carbonyl (C=O) groups is 1. The number of rotatable bonds is 6. The summed E-state index contributed by atoms with van der Waals surface area (Å²) in [4.78, 5) is 20.2. The van der Waals surface area contributed by atoms with Crippen LogP contribution in [0.1, 0.15) is 62.6 Å². The molecule has 0 saturated carbocycles. The molecule has 1 aromatic carbocycles. The highest BCUT2D eigenvalue weighted by atomic mass is 16.5. The van der Waals surface area contributed by atoms with Crippen LogP contribution in [0.5, 0.6) is 0 Å². The van der Waals surface area contributed by atoms with Gasteiger partial charge in [0.05, 0.1) is 24.3 Å². The molecule has 1 fully saturated rings. The summed E-state index contributed by atoms with van der Waals surface area (Å²) in [6, 6.07) is 9.83. The molecule has 0 spiro atoms. The maximum Gasteiger partial charge on any atom is 0.247 e. The molecule has 0 bridgehead atoms. The Hall–Kier alpha value is -3.52. The first-order chi connectivity index (χ1) is 18.2. The van der Waals surface area contributed by atoms with Gasteiger partial charge in [-0.3, -0.25) is 4.79 Å². The maximum absolute atomic E-state index is 13.9. The van der Waals surface area contributed by atoms with Crippen LogP contribution in [0.15, 0.2) is 67.3 Å². The molecule has 38 heavy (non-hydrogen) atoms. The lowest BCUT2D eigenvalue weighted by Crippen LogP contribution is -2.36. The van der Waals surface area contributed by atoms with Crippen molar-refractivity contribution in [1.82, 2.24) is 29.4 Å². The minimum absolute atomic E-state index is 0.0162. The van der Waals surface area contributed by atoms with Crippen LogP contribution in [0, 0.1) is 18.3 Å². The van der Waals surface area contributed by atoms with Gasteiger partial charge in [0.25, 0.3) is 0 Å². The van der Waals surface area contributed by atoms with Gasteiger partial charge in [0.15, 0.2) is 0 Å². The first-order valence-electron chi connectivity index (χ1n) is 13.4. The molecule has 3 heterocycles. The molecule has 2 aromatic heterocycles. The lowest BCUT2D eigenvalue weighted by molar-refractivity contribution is -0.135. The Morgan fingerprint density at radius 2 is 1.92 bits per heavy atom. The predicted octanol–water partition coefficient (Wildman–Crippen LogP) is 5.02. The highest BCUT2D eigenvalue weighted by Crippen LogP contribution is 2.39. The van der Waals surface area contributed by atoms with Gasteiger partial charge >= 0.3 is 0 Å². The molecule has 4 unspecified atom stereocenters. The number of aryl methyl sites for hydroxylation is 1. The summed E-state index contributed by atoms with van der Waals surface area (Å²) in [6.07, 6.45) is 13.5. The average molecular weight is 515 g/mol. The summed E-state index contributed by atoms with van der Waals surface area (Å²) in [5, 5.41) is 8.98. The summed E-state index contributed by atoms with van der Waals surface area (Å²) >= 11 is 0. The van der Waals surface area contributed by atoms with Crippen LogP contribution < -0.4 is 0 Å². The molecule has 1 saturated heterocycles. The number of allylic oxidation sites excluding steroid dienone is 2. The van der Waals surface area contributed by atoms with E-state index in [9.17, 15) is 4.79 Å². The fourth-order valence-electron chi connectivity index (χ4n) is 5.54. The van der Waals surface area contributed by atoms with Crippen molar-refractivity contribution < 1.29 is 9.53 Å². The molecule has 200 valence electrons. The highest BCUT2D eigenvalue weighted by molar-refractivity contribution is 5.81. The van der Waals surface area contributed by atoms with E-state index in [1.165, 1.54) is 0 Å². The van der Waals surface area contributed by atoms with Crippen molar-refractivity contribution in [3.8, 4) is 0 Å². The molecular weight excluding hydrogens is 476 g/mol. The molecule has 5 rings (SSSR count).